The van der Waals surface area contributed by atoms with Gasteiger partial charge in [-0.3, -0.25) is 4.68 Å². The van der Waals surface area contributed by atoms with Crippen LogP contribution in [0.15, 0.2) is 18.2 Å². The Hall–Kier alpha value is -2.04. The molecule has 15 heavy (non-hydrogen) atoms. The summed E-state index contributed by atoms with van der Waals surface area (Å²) in [5.41, 5.74) is 7.01. The summed E-state index contributed by atoms with van der Waals surface area (Å²) in [4.78, 5) is 10.9. The van der Waals surface area contributed by atoms with Crippen LogP contribution in [0.1, 0.15) is 17.4 Å². The van der Waals surface area contributed by atoms with Crippen LogP contribution in [0.3, 0.4) is 0 Å². The number of carbonyl (C=O) groups is 1. The second-order valence-electron chi connectivity index (χ2n) is 3.25. The number of hydrogen-bond donors (Lipinski definition) is 2. The standard InChI is InChI=1S/C10H11N3O2/c1-2-13-8-4-3-6(11)5-7(8)9(12-13)10(14)15/h3-5H,2,11H2,1H3,(H,14,15). The molecule has 0 aliphatic carbocycles. The molecule has 1 aromatic heterocycles. The molecule has 0 saturated carbocycles. The van der Waals surface area contributed by atoms with E-state index in [1.165, 1.54) is 0 Å². The van der Waals surface area contributed by atoms with Gasteiger partial charge < -0.3 is 10.8 Å². The van der Waals surface area contributed by atoms with Gasteiger partial charge in [-0.25, -0.2) is 4.79 Å². The SMILES string of the molecule is CCn1nc(C(=O)O)c2cc(N)ccc21. The highest BCUT2D eigenvalue weighted by Crippen LogP contribution is 2.21. The normalized spacial score (nSPS) is 10.7. The Morgan fingerprint density at radius 2 is 2.33 bits per heavy atom. The van der Waals surface area contributed by atoms with E-state index in [0.717, 1.165) is 5.52 Å². The Kier molecular flexibility index (Phi) is 2.07. The Balaban J connectivity index is 2.81. The van der Waals surface area contributed by atoms with Crippen LogP contribution in [-0.4, -0.2) is 20.9 Å². The highest BCUT2D eigenvalue weighted by atomic mass is 16.4. The molecule has 0 unspecified atom stereocenters. The molecular formula is C10H11N3O2. The lowest BCUT2D eigenvalue weighted by molar-refractivity contribution is 0.0691. The zero-order valence-corrected chi connectivity index (χ0v) is 8.27. The summed E-state index contributed by atoms with van der Waals surface area (Å²) in [7, 11) is 0. The fourth-order valence-corrected chi connectivity index (χ4v) is 1.60. The second-order valence-corrected chi connectivity index (χ2v) is 3.25. The molecule has 2 aromatic rings. The van der Waals surface area contributed by atoms with Crippen molar-refractivity contribution in [3.05, 3.63) is 23.9 Å². The molecule has 3 N–H and O–H groups in total. The molecule has 0 amide bonds. The number of aromatic nitrogens is 2. The van der Waals surface area contributed by atoms with Gasteiger partial charge >= 0.3 is 5.97 Å². The quantitative estimate of drug-likeness (QED) is 0.725. The Bertz CT molecular complexity index is 531. The van der Waals surface area contributed by atoms with Gasteiger partial charge in [-0.05, 0) is 25.1 Å². The summed E-state index contributed by atoms with van der Waals surface area (Å²) in [6.45, 7) is 2.54. The summed E-state index contributed by atoms with van der Waals surface area (Å²) in [5, 5.41) is 13.6. The van der Waals surface area contributed by atoms with Gasteiger partial charge in [-0.1, -0.05) is 0 Å². The number of carboxylic acids is 1. The van der Waals surface area contributed by atoms with E-state index in [0.29, 0.717) is 17.6 Å². The highest BCUT2D eigenvalue weighted by Gasteiger charge is 2.15. The Morgan fingerprint density at radius 3 is 2.93 bits per heavy atom. The van der Waals surface area contributed by atoms with Crippen LogP contribution in [0.5, 0.6) is 0 Å². The first-order valence-corrected chi connectivity index (χ1v) is 4.62. The number of nitrogens with zero attached hydrogens (tertiary/aromatic N) is 2. The maximum atomic E-state index is 10.9. The second kappa shape index (κ2) is 3.27. The minimum atomic E-state index is -1.03. The van der Waals surface area contributed by atoms with Gasteiger partial charge in [0.2, 0.25) is 0 Å². The Labute approximate surface area is 86.1 Å². The number of rotatable bonds is 2. The fraction of sp³-hybridized carbons (Fsp3) is 0.200. The average Bonchev–Trinajstić information content (AvgIpc) is 2.55. The van der Waals surface area contributed by atoms with Gasteiger partial charge in [0, 0.05) is 17.6 Å². The minimum Gasteiger partial charge on any atom is -0.476 e. The van der Waals surface area contributed by atoms with Crippen molar-refractivity contribution in [2.45, 2.75) is 13.5 Å². The van der Waals surface area contributed by atoms with Crippen molar-refractivity contribution in [3.8, 4) is 0 Å². The molecule has 5 heteroatoms. The van der Waals surface area contributed by atoms with E-state index in [9.17, 15) is 4.79 Å². The number of hydrogen-bond acceptors (Lipinski definition) is 3. The monoisotopic (exact) mass is 205 g/mol. The number of carboxylic acid groups (broad SMARTS) is 1. The van der Waals surface area contributed by atoms with E-state index in [4.69, 9.17) is 10.8 Å². The molecule has 0 bridgehead atoms. The van der Waals surface area contributed by atoms with Crippen LogP contribution in [0.2, 0.25) is 0 Å². The first-order valence-electron chi connectivity index (χ1n) is 4.62. The van der Waals surface area contributed by atoms with Crippen molar-refractivity contribution in [3.63, 3.8) is 0 Å². The average molecular weight is 205 g/mol. The van der Waals surface area contributed by atoms with Crippen molar-refractivity contribution in [2.24, 2.45) is 0 Å². The van der Waals surface area contributed by atoms with E-state index >= 15 is 0 Å². The van der Waals surface area contributed by atoms with Crippen LogP contribution in [0.25, 0.3) is 10.9 Å². The maximum absolute atomic E-state index is 10.9. The third-order valence-corrected chi connectivity index (χ3v) is 2.28. The smallest absolute Gasteiger partial charge is 0.357 e. The third-order valence-electron chi connectivity index (χ3n) is 2.28. The largest absolute Gasteiger partial charge is 0.476 e. The van der Waals surface area contributed by atoms with Gasteiger partial charge in [0.25, 0.3) is 0 Å². The van der Waals surface area contributed by atoms with Gasteiger partial charge in [0.15, 0.2) is 5.69 Å². The predicted octanol–water partition coefficient (Wildman–Crippen LogP) is 1.34. The zero-order chi connectivity index (χ0) is 11.0. The number of benzene rings is 1. The number of nitrogens with two attached hydrogens (primary N) is 1. The van der Waals surface area contributed by atoms with Crippen LogP contribution < -0.4 is 5.73 Å². The summed E-state index contributed by atoms with van der Waals surface area (Å²) >= 11 is 0. The molecule has 0 spiro atoms. The summed E-state index contributed by atoms with van der Waals surface area (Å²) < 4.78 is 1.65. The lowest BCUT2D eigenvalue weighted by Crippen LogP contribution is -2.01. The number of aromatic carboxylic acids is 1. The highest BCUT2D eigenvalue weighted by molar-refractivity contribution is 6.02. The first kappa shape index (κ1) is 9.51. The van der Waals surface area contributed by atoms with Gasteiger partial charge in [0.05, 0.1) is 5.52 Å². The number of aryl methyl sites for hydroxylation is 1. The van der Waals surface area contributed by atoms with Crippen molar-refractivity contribution in [1.82, 2.24) is 9.78 Å². The number of anilines is 1. The molecule has 0 saturated heterocycles. The van der Waals surface area contributed by atoms with E-state index in [2.05, 4.69) is 5.10 Å². The summed E-state index contributed by atoms with van der Waals surface area (Å²) in [5.74, 6) is -1.03. The maximum Gasteiger partial charge on any atom is 0.357 e. The zero-order valence-electron chi connectivity index (χ0n) is 8.27. The van der Waals surface area contributed by atoms with Crippen LogP contribution in [0.4, 0.5) is 5.69 Å². The van der Waals surface area contributed by atoms with Crippen molar-refractivity contribution in [1.29, 1.82) is 0 Å². The van der Waals surface area contributed by atoms with Crippen molar-refractivity contribution >= 4 is 22.6 Å². The van der Waals surface area contributed by atoms with Gasteiger partial charge in [0.1, 0.15) is 0 Å². The minimum absolute atomic E-state index is 0.0548. The van der Waals surface area contributed by atoms with Crippen LogP contribution >= 0.6 is 0 Å². The Morgan fingerprint density at radius 1 is 1.60 bits per heavy atom. The van der Waals surface area contributed by atoms with Gasteiger partial charge in [-0.15, -0.1) is 0 Å². The summed E-state index contributed by atoms with van der Waals surface area (Å²) in [6.07, 6.45) is 0. The van der Waals surface area contributed by atoms with Crippen LogP contribution in [-0.2, 0) is 6.54 Å². The topological polar surface area (TPSA) is 81.1 Å². The van der Waals surface area contributed by atoms with E-state index in [1.54, 1.807) is 22.9 Å². The number of fused-ring (bicyclic) bond motifs is 1. The lowest BCUT2D eigenvalue weighted by Gasteiger charge is -1.97. The van der Waals surface area contributed by atoms with Crippen LogP contribution in [0, 0.1) is 0 Å². The van der Waals surface area contributed by atoms with E-state index in [-0.39, 0.29) is 5.69 Å². The van der Waals surface area contributed by atoms with Crippen molar-refractivity contribution in [2.75, 3.05) is 5.73 Å². The summed E-state index contributed by atoms with van der Waals surface area (Å²) in [6, 6.07) is 5.16. The molecule has 0 atom stereocenters. The number of nitrogen functional groups attached to an aromatic ring is 1. The van der Waals surface area contributed by atoms with E-state index < -0.39 is 5.97 Å². The van der Waals surface area contributed by atoms with Crippen molar-refractivity contribution < 1.29 is 9.90 Å². The third kappa shape index (κ3) is 1.41. The van der Waals surface area contributed by atoms with Gasteiger partial charge in [-0.2, -0.15) is 5.10 Å². The lowest BCUT2D eigenvalue weighted by atomic mass is 10.2. The molecule has 78 valence electrons. The van der Waals surface area contributed by atoms with E-state index in [1.807, 2.05) is 6.92 Å². The molecule has 0 aliphatic rings. The molecule has 0 fully saturated rings. The fourth-order valence-electron chi connectivity index (χ4n) is 1.60. The molecular weight excluding hydrogens is 194 g/mol. The molecule has 1 aromatic carbocycles. The predicted molar refractivity (Wildman–Crippen MR) is 56.8 cm³/mol. The molecule has 0 radical (unpaired) electrons. The molecule has 2 rings (SSSR count). The molecule has 5 nitrogen and oxygen atoms in total. The molecule has 1 heterocycles. The molecule has 0 aliphatic heterocycles. The first-order chi connectivity index (χ1) is 7.13.